The molecule has 1 heterocycles. The Morgan fingerprint density at radius 2 is 2.08 bits per heavy atom. The lowest BCUT2D eigenvalue weighted by atomic mass is 9.75. The summed E-state index contributed by atoms with van der Waals surface area (Å²) in [4.78, 5) is 12.2. The van der Waals surface area contributed by atoms with Crippen LogP contribution in [0.1, 0.15) is 39.9 Å². The summed E-state index contributed by atoms with van der Waals surface area (Å²) in [5.74, 6) is 0.0795. The number of allylic oxidation sites excluding steroid dienone is 2. The summed E-state index contributed by atoms with van der Waals surface area (Å²) in [6, 6.07) is 11.5. The van der Waals surface area contributed by atoms with E-state index in [1.807, 2.05) is 18.2 Å². The van der Waals surface area contributed by atoms with Crippen LogP contribution in [0, 0.1) is 5.92 Å². The molecule has 0 saturated carbocycles. The monoisotopic (exact) mass is 373 g/mol. The first-order chi connectivity index (χ1) is 12.1. The van der Waals surface area contributed by atoms with E-state index in [2.05, 4.69) is 23.5 Å². The van der Waals surface area contributed by atoms with Crippen LogP contribution in [0.5, 0.6) is 0 Å². The van der Waals surface area contributed by atoms with Gasteiger partial charge in [0.2, 0.25) is 0 Å². The van der Waals surface area contributed by atoms with Gasteiger partial charge in [-0.1, -0.05) is 47.5 Å². The number of methoxy groups -OCH3 is 1. The number of hydrogen-bond acceptors (Lipinski definition) is 3. The molecular weight excluding hydrogens is 357 g/mol. The zero-order chi connectivity index (χ0) is 17.6. The van der Waals surface area contributed by atoms with E-state index in [0.717, 1.165) is 23.2 Å². The number of halogens is 2. The largest absolute Gasteiger partial charge is 0.465 e. The lowest BCUT2D eigenvalue weighted by Gasteiger charge is -2.38. The van der Waals surface area contributed by atoms with Crippen LogP contribution in [0.25, 0.3) is 0 Å². The molecular formula is C20H17Cl2NO2. The van der Waals surface area contributed by atoms with E-state index >= 15 is 0 Å². The van der Waals surface area contributed by atoms with Gasteiger partial charge in [-0.15, -0.1) is 0 Å². The number of fused-ring (bicyclic) bond motifs is 3. The molecule has 0 fully saturated rings. The molecule has 0 unspecified atom stereocenters. The minimum Gasteiger partial charge on any atom is -0.465 e. The Labute approximate surface area is 156 Å². The van der Waals surface area contributed by atoms with Crippen molar-refractivity contribution >= 4 is 34.9 Å². The maximum Gasteiger partial charge on any atom is 0.338 e. The molecule has 0 radical (unpaired) electrons. The number of hydrogen-bond donors (Lipinski definition) is 1. The SMILES string of the molecule is COC(=O)c1ccc(Cl)c2c1[C@@H]1C=CC[C@H]1[C@H](c1cccc(Cl)c1)N2. The van der Waals surface area contributed by atoms with Gasteiger partial charge >= 0.3 is 5.97 Å². The lowest BCUT2D eigenvalue weighted by molar-refractivity contribution is 0.0598. The van der Waals surface area contributed by atoms with Crippen molar-refractivity contribution < 1.29 is 9.53 Å². The van der Waals surface area contributed by atoms with Crippen LogP contribution in [0.15, 0.2) is 48.6 Å². The van der Waals surface area contributed by atoms with Gasteiger partial charge in [0.15, 0.2) is 0 Å². The summed E-state index contributed by atoms with van der Waals surface area (Å²) in [6.45, 7) is 0. The predicted octanol–water partition coefficient (Wildman–Crippen LogP) is 5.61. The molecule has 0 saturated heterocycles. The first-order valence-electron chi connectivity index (χ1n) is 8.19. The summed E-state index contributed by atoms with van der Waals surface area (Å²) in [5, 5.41) is 4.88. The maximum absolute atomic E-state index is 12.2. The normalized spacial score (nSPS) is 23.6. The Morgan fingerprint density at radius 1 is 1.24 bits per heavy atom. The molecule has 0 aromatic heterocycles. The highest BCUT2D eigenvalue weighted by atomic mass is 35.5. The number of carbonyl (C=O) groups excluding carboxylic acids is 1. The van der Waals surface area contributed by atoms with Crippen LogP contribution in [0.2, 0.25) is 10.0 Å². The van der Waals surface area contributed by atoms with Crippen molar-refractivity contribution in [2.45, 2.75) is 18.4 Å². The number of rotatable bonds is 2. The standard InChI is InChI=1S/C20H17Cl2NO2/c1-25-20(24)15-8-9-16(22)19-17(15)13-6-3-7-14(13)18(23-19)11-4-2-5-12(21)10-11/h2-6,8-10,13-14,18,23H,7H2,1H3/t13-,14-,18+/m1/s1. The Kier molecular flexibility index (Phi) is 4.22. The Balaban J connectivity index is 1.87. The third kappa shape index (κ3) is 2.72. The highest BCUT2D eigenvalue weighted by molar-refractivity contribution is 6.33. The number of carbonyl (C=O) groups is 1. The maximum atomic E-state index is 12.2. The Morgan fingerprint density at radius 3 is 2.84 bits per heavy atom. The summed E-state index contributed by atoms with van der Waals surface area (Å²) >= 11 is 12.7. The molecule has 2 aliphatic rings. The zero-order valence-corrected chi connectivity index (χ0v) is 15.1. The van der Waals surface area contributed by atoms with Gasteiger partial charge in [-0.05, 0) is 47.7 Å². The topological polar surface area (TPSA) is 38.3 Å². The molecule has 3 nitrogen and oxygen atoms in total. The Bertz CT molecular complexity index is 878. The van der Waals surface area contributed by atoms with E-state index in [0.29, 0.717) is 21.5 Å². The zero-order valence-electron chi connectivity index (χ0n) is 13.6. The van der Waals surface area contributed by atoms with Gasteiger partial charge in [0.25, 0.3) is 0 Å². The van der Waals surface area contributed by atoms with Gasteiger partial charge in [-0.25, -0.2) is 4.79 Å². The summed E-state index contributed by atoms with van der Waals surface area (Å²) < 4.78 is 4.97. The number of anilines is 1. The van der Waals surface area contributed by atoms with E-state index < -0.39 is 0 Å². The molecule has 128 valence electrons. The molecule has 1 aliphatic heterocycles. The van der Waals surface area contributed by atoms with Crippen molar-refractivity contribution in [1.29, 1.82) is 0 Å². The van der Waals surface area contributed by atoms with E-state index in [1.54, 1.807) is 12.1 Å². The fourth-order valence-electron chi connectivity index (χ4n) is 3.99. The molecule has 2 aromatic carbocycles. The highest BCUT2D eigenvalue weighted by Gasteiger charge is 2.41. The van der Waals surface area contributed by atoms with Crippen LogP contribution < -0.4 is 5.32 Å². The molecule has 0 bridgehead atoms. The van der Waals surface area contributed by atoms with Crippen LogP contribution in [-0.4, -0.2) is 13.1 Å². The number of benzene rings is 2. The smallest absolute Gasteiger partial charge is 0.338 e. The van der Waals surface area contributed by atoms with Crippen molar-refractivity contribution in [3.63, 3.8) is 0 Å². The molecule has 25 heavy (non-hydrogen) atoms. The first kappa shape index (κ1) is 16.5. The molecule has 4 rings (SSSR count). The van der Waals surface area contributed by atoms with Crippen molar-refractivity contribution in [2.24, 2.45) is 5.92 Å². The fraction of sp³-hybridized carbons (Fsp3) is 0.250. The summed E-state index contributed by atoms with van der Waals surface area (Å²) in [6.07, 6.45) is 5.28. The minimum atomic E-state index is -0.338. The van der Waals surface area contributed by atoms with Gasteiger partial charge in [0.1, 0.15) is 0 Å². The van der Waals surface area contributed by atoms with E-state index in [9.17, 15) is 4.79 Å². The highest BCUT2D eigenvalue weighted by Crippen LogP contribution is 2.52. The second kappa shape index (κ2) is 6.40. The first-order valence-corrected chi connectivity index (χ1v) is 8.95. The molecule has 1 N–H and O–H groups in total. The minimum absolute atomic E-state index is 0.0802. The third-order valence-corrected chi connectivity index (χ3v) is 5.63. The van der Waals surface area contributed by atoms with E-state index in [-0.39, 0.29) is 17.9 Å². The fourth-order valence-corrected chi connectivity index (χ4v) is 4.41. The van der Waals surface area contributed by atoms with Crippen molar-refractivity contribution in [2.75, 3.05) is 12.4 Å². The molecule has 5 heteroatoms. The van der Waals surface area contributed by atoms with E-state index in [4.69, 9.17) is 27.9 Å². The van der Waals surface area contributed by atoms with Crippen molar-refractivity contribution in [3.05, 3.63) is 75.3 Å². The van der Waals surface area contributed by atoms with Gasteiger partial charge in [-0.3, -0.25) is 0 Å². The number of ether oxygens (including phenoxy) is 1. The predicted molar refractivity (Wildman–Crippen MR) is 101 cm³/mol. The van der Waals surface area contributed by atoms with Gasteiger partial charge in [0, 0.05) is 10.9 Å². The second-order valence-corrected chi connectivity index (χ2v) is 7.25. The lowest BCUT2D eigenvalue weighted by Crippen LogP contribution is -2.30. The molecule has 0 amide bonds. The molecule has 0 spiro atoms. The average molecular weight is 374 g/mol. The van der Waals surface area contributed by atoms with Gasteiger partial charge < -0.3 is 10.1 Å². The Hall–Kier alpha value is -1.97. The van der Waals surface area contributed by atoms with Crippen LogP contribution in [0.4, 0.5) is 5.69 Å². The molecule has 2 aromatic rings. The van der Waals surface area contributed by atoms with Gasteiger partial charge in [0.05, 0.1) is 29.4 Å². The quantitative estimate of drug-likeness (QED) is 0.549. The van der Waals surface area contributed by atoms with E-state index in [1.165, 1.54) is 7.11 Å². The molecule has 3 atom stereocenters. The van der Waals surface area contributed by atoms with Crippen molar-refractivity contribution in [1.82, 2.24) is 0 Å². The van der Waals surface area contributed by atoms with Crippen LogP contribution >= 0.6 is 23.2 Å². The number of esters is 1. The third-order valence-electron chi connectivity index (χ3n) is 5.08. The van der Waals surface area contributed by atoms with Gasteiger partial charge in [-0.2, -0.15) is 0 Å². The molecule has 1 aliphatic carbocycles. The van der Waals surface area contributed by atoms with Crippen LogP contribution in [-0.2, 0) is 4.74 Å². The number of nitrogens with one attached hydrogen (secondary N) is 1. The summed E-state index contributed by atoms with van der Waals surface area (Å²) in [7, 11) is 1.40. The second-order valence-electron chi connectivity index (χ2n) is 6.41. The van der Waals surface area contributed by atoms with Crippen LogP contribution in [0.3, 0.4) is 0 Å². The summed E-state index contributed by atoms with van der Waals surface area (Å²) in [5.41, 5.74) is 3.43. The average Bonchev–Trinajstić information content (AvgIpc) is 3.10. The van der Waals surface area contributed by atoms with Crippen molar-refractivity contribution in [3.8, 4) is 0 Å².